The van der Waals surface area contributed by atoms with Gasteiger partial charge in [0.2, 0.25) is 0 Å². The van der Waals surface area contributed by atoms with Gasteiger partial charge >= 0.3 is 0 Å². The molecule has 1 heterocycles. The Morgan fingerprint density at radius 1 is 1.21 bits per heavy atom. The van der Waals surface area contributed by atoms with Crippen molar-refractivity contribution in [3.8, 4) is 17.1 Å². The molecule has 0 radical (unpaired) electrons. The zero-order valence-electron chi connectivity index (χ0n) is 13.1. The topological polar surface area (TPSA) is 83.1 Å². The first-order valence-electron chi connectivity index (χ1n) is 7.45. The molecule has 0 fully saturated rings. The van der Waals surface area contributed by atoms with Crippen LogP contribution in [0, 0.1) is 17.0 Å². The second-order valence-corrected chi connectivity index (χ2v) is 5.30. The smallest absolute Gasteiger partial charge is 0.270 e. The summed E-state index contributed by atoms with van der Waals surface area (Å²) in [6.45, 7) is 3.01. The lowest BCUT2D eigenvalue weighted by Crippen LogP contribution is -2.08. The molecule has 0 aliphatic carbocycles. The molecule has 3 aromatic rings. The molecule has 0 aliphatic heterocycles. The Hall–Kier alpha value is -3.22. The summed E-state index contributed by atoms with van der Waals surface area (Å²) in [6.07, 6.45) is 1.59. The van der Waals surface area contributed by atoms with Gasteiger partial charge in [-0.2, -0.15) is 5.10 Å². The van der Waals surface area contributed by atoms with Crippen LogP contribution in [0.4, 0.5) is 5.69 Å². The molecular weight excluding hydrogens is 308 g/mol. The van der Waals surface area contributed by atoms with E-state index in [4.69, 9.17) is 4.74 Å². The van der Waals surface area contributed by atoms with Crippen LogP contribution in [0.15, 0.2) is 54.9 Å². The molecular formula is C17H16N4O3. The third-order valence-electron chi connectivity index (χ3n) is 3.43. The normalized spacial score (nSPS) is 10.5. The number of aryl methyl sites for hydroxylation is 1. The van der Waals surface area contributed by atoms with E-state index in [1.54, 1.807) is 23.1 Å². The number of hydrogen-bond acceptors (Lipinski definition) is 5. The fourth-order valence-corrected chi connectivity index (χ4v) is 2.26. The van der Waals surface area contributed by atoms with Crippen molar-refractivity contribution in [1.82, 2.24) is 14.8 Å². The quantitative estimate of drug-likeness (QED) is 0.513. The maximum Gasteiger partial charge on any atom is 0.270 e. The zero-order valence-corrected chi connectivity index (χ0v) is 13.1. The summed E-state index contributed by atoms with van der Waals surface area (Å²) >= 11 is 0. The predicted molar refractivity (Wildman–Crippen MR) is 88.8 cm³/mol. The first kappa shape index (κ1) is 15.7. The minimum absolute atomic E-state index is 0.0200. The highest BCUT2D eigenvalue weighted by molar-refractivity contribution is 5.58. The molecule has 7 heteroatoms. The lowest BCUT2D eigenvalue weighted by Gasteiger charge is -2.06. The molecule has 0 spiro atoms. The average Bonchev–Trinajstić information content (AvgIpc) is 3.04. The van der Waals surface area contributed by atoms with Crippen molar-refractivity contribution in [2.45, 2.75) is 13.5 Å². The van der Waals surface area contributed by atoms with Crippen LogP contribution in [0.1, 0.15) is 5.56 Å². The van der Waals surface area contributed by atoms with Gasteiger partial charge in [0.05, 0.1) is 11.5 Å². The molecule has 0 aliphatic rings. The van der Waals surface area contributed by atoms with E-state index < -0.39 is 4.92 Å². The van der Waals surface area contributed by atoms with E-state index in [1.807, 2.05) is 31.2 Å². The van der Waals surface area contributed by atoms with Gasteiger partial charge < -0.3 is 4.74 Å². The molecule has 0 bridgehead atoms. The second kappa shape index (κ2) is 6.91. The summed E-state index contributed by atoms with van der Waals surface area (Å²) < 4.78 is 7.34. The van der Waals surface area contributed by atoms with E-state index >= 15 is 0 Å². The Morgan fingerprint density at radius 2 is 2.04 bits per heavy atom. The minimum atomic E-state index is -0.434. The number of hydrogen-bond donors (Lipinski definition) is 0. The first-order chi connectivity index (χ1) is 11.6. The molecule has 0 amide bonds. The number of non-ortho nitro benzene ring substituents is 1. The van der Waals surface area contributed by atoms with Crippen LogP contribution in [0.25, 0.3) is 11.4 Å². The Kier molecular flexibility index (Phi) is 4.51. The highest BCUT2D eigenvalue weighted by Crippen LogP contribution is 2.20. The summed E-state index contributed by atoms with van der Waals surface area (Å²) in [5, 5.41) is 15.2. The van der Waals surface area contributed by atoms with E-state index in [0.717, 1.165) is 11.3 Å². The second-order valence-electron chi connectivity index (χ2n) is 5.30. The van der Waals surface area contributed by atoms with E-state index in [9.17, 15) is 10.1 Å². The molecule has 122 valence electrons. The number of benzene rings is 2. The number of nitro groups is 1. The van der Waals surface area contributed by atoms with Gasteiger partial charge in [-0.05, 0) is 24.6 Å². The van der Waals surface area contributed by atoms with Crippen LogP contribution in [-0.2, 0) is 6.54 Å². The Morgan fingerprint density at radius 3 is 2.83 bits per heavy atom. The lowest BCUT2D eigenvalue weighted by atomic mass is 10.2. The summed E-state index contributed by atoms with van der Waals surface area (Å²) in [6, 6.07) is 14.1. The van der Waals surface area contributed by atoms with Crippen molar-refractivity contribution in [3.05, 3.63) is 70.5 Å². The van der Waals surface area contributed by atoms with Crippen molar-refractivity contribution < 1.29 is 9.66 Å². The van der Waals surface area contributed by atoms with Crippen LogP contribution in [0.5, 0.6) is 5.75 Å². The monoisotopic (exact) mass is 324 g/mol. The maximum absolute atomic E-state index is 10.8. The number of rotatable bonds is 6. The minimum Gasteiger partial charge on any atom is -0.492 e. The Bertz CT molecular complexity index is 860. The van der Waals surface area contributed by atoms with Crippen LogP contribution >= 0.6 is 0 Å². The number of nitro benzene ring substituents is 1. The van der Waals surface area contributed by atoms with Gasteiger partial charge in [0, 0.05) is 17.7 Å². The molecule has 0 saturated heterocycles. The SMILES string of the molecule is Cc1cccc(OCCn2cnc(-c3cccc([N+](=O)[O-])c3)n2)c1. The summed E-state index contributed by atoms with van der Waals surface area (Å²) in [5.74, 6) is 1.27. The molecule has 0 saturated carbocycles. The fraction of sp³-hybridized carbons (Fsp3) is 0.176. The highest BCUT2D eigenvalue weighted by Gasteiger charge is 2.10. The van der Waals surface area contributed by atoms with Crippen molar-refractivity contribution >= 4 is 5.69 Å². The van der Waals surface area contributed by atoms with Crippen LogP contribution in [0.2, 0.25) is 0 Å². The zero-order chi connectivity index (χ0) is 16.9. The third kappa shape index (κ3) is 3.75. The number of ether oxygens (including phenoxy) is 1. The van der Waals surface area contributed by atoms with Crippen molar-refractivity contribution in [3.63, 3.8) is 0 Å². The van der Waals surface area contributed by atoms with E-state index in [2.05, 4.69) is 10.1 Å². The summed E-state index contributed by atoms with van der Waals surface area (Å²) in [4.78, 5) is 14.6. The summed E-state index contributed by atoms with van der Waals surface area (Å²) in [5.41, 5.74) is 1.77. The Labute approximate surface area is 138 Å². The molecule has 0 unspecified atom stereocenters. The van der Waals surface area contributed by atoms with Gasteiger partial charge in [-0.3, -0.25) is 10.1 Å². The van der Waals surface area contributed by atoms with Gasteiger partial charge in [0.1, 0.15) is 18.7 Å². The van der Waals surface area contributed by atoms with Crippen molar-refractivity contribution in [2.75, 3.05) is 6.61 Å². The molecule has 3 rings (SSSR count). The van der Waals surface area contributed by atoms with E-state index in [1.165, 1.54) is 12.1 Å². The molecule has 1 aromatic heterocycles. The van der Waals surface area contributed by atoms with Crippen molar-refractivity contribution in [1.29, 1.82) is 0 Å². The van der Waals surface area contributed by atoms with Crippen molar-refractivity contribution in [2.24, 2.45) is 0 Å². The summed E-state index contributed by atoms with van der Waals surface area (Å²) in [7, 11) is 0. The average molecular weight is 324 g/mol. The highest BCUT2D eigenvalue weighted by atomic mass is 16.6. The fourth-order valence-electron chi connectivity index (χ4n) is 2.26. The van der Waals surface area contributed by atoms with Crippen LogP contribution < -0.4 is 4.74 Å². The van der Waals surface area contributed by atoms with Gasteiger partial charge in [-0.1, -0.05) is 24.3 Å². The van der Waals surface area contributed by atoms with Gasteiger partial charge in [0.25, 0.3) is 5.69 Å². The number of aromatic nitrogens is 3. The Balaban J connectivity index is 1.63. The predicted octanol–water partition coefficient (Wildman–Crippen LogP) is 3.24. The van der Waals surface area contributed by atoms with E-state index in [-0.39, 0.29) is 5.69 Å². The number of nitrogens with zero attached hydrogens (tertiary/aromatic N) is 4. The van der Waals surface area contributed by atoms with E-state index in [0.29, 0.717) is 24.5 Å². The van der Waals surface area contributed by atoms with Gasteiger partial charge in [-0.25, -0.2) is 9.67 Å². The molecule has 2 aromatic carbocycles. The van der Waals surface area contributed by atoms with Crippen LogP contribution in [0.3, 0.4) is 0 Å². The molecule has 7 nitrogen and oxygen atoms in total. The van der Waals surface area contributed by atoms with Gasteiger partial charge in [0.15, 0.2) is 5.82 Å². The lowest BCUT2D eigenvalue weighted by molar-refractivity contribution is -0.384. The molecule has 0 atom stereocenters. The van der Waals surface area contributed by atoms with Gasteiger partial charge in [-0.15, -0.1) is 0 Å². The standard InChI is InChI=1S/C17H16N4O3/c1-13-4-2-7-16(10-13)24-9-8-20-12-18-17(19-20)14-5-3-6-15(11-14)21(22)23/h2-7,10-12H,8-9H2,1H3. The largest absolute Gasteiger partial charge is 0.492 e. The first-order valence-corrected chi connectivity index (χ1v) is 7.45. The molecule has 24 heavy (non-hydrogen) atoms. The molecule has 0 N–H and O–H groups in total. The van der Waals surface area contributed by atoms with Crippen LogP contribution in [-0.4, -0.2) is 26.3 Å². The maximum atomic E-state index is 10.8. The third-order valence-corrected chi connectivity index (χ3v) is 3.43.